The van der Waals surface area contributed by atoms with Crippen molar-refractivity contribution in [1.82, 2.24) is 5.32 Å². The van der Waals surface area contributed by atoms with E-state index in [1.807, 2.05) is 12.1 Å². The van der Waals surface area contributed by atoms with Gasteiger partial charge in [-0.05, 0) is 36.4 Å². The molecule has 0 aromatic heterocycles. The van der Waals surface area contributed by atoms with E-state index < -0.39 is 0 Å². The van der Waals surface area contributed by atoms with Crippen LogP contribution in [0.5, 0.6) is 11.5 Å². The van der Waals surface area contributed by atoms with Gasteiger partial charge in [-0.25, -0.2) is 4.79 Å². The van der Waals surface area contributed by atoms with Crippen molar-refractivity contribution in [2.24, 2.45) is 0 Å². The second kappa shape index (κ2) is 7.56. The van der Waals surface area contributed by atoms with E-state index in [9.17, 15) is 4.79 Å². The number of anilines is 1. The van der Waals surface area contributed by atoms with Crippen LogP contribution < -0.4 is 20.1 Å². The third-order valence-corrected chi connectivity index (χ3v) is 3.29. The zero-order valence-electron chi connectivity index (χ0n) is 12.4. The molecule has 5 nitrogen and oxygen atoms in total. The third-order valence-electron chi connectivity index (χ3n) is 3.04. The van der Waals surface area contributed by atoms with Gasteiger partial charge in [-0.1, -0.05) is 11.6 Å². The molecule has 0 spiro atoms. The minimum Gasteiger partial charge on any atom is -0.497 e. The number of carbonyl (C=O) groups is 1. The van der Waals surface area contributed by atoms with E-state index in [4.69, 9.17) is 21.1 Å². The monoisotopic (exact) mass is 320 g/mol. The van der Waals surface area contributed by atoms with Crippen molar-refractivity contribution in [3.63, 3.8) is 0 Å². The molecule has 116 valence electrons. The fourth-order valence-corrected chi connectivity index (χ4v) is 2.01. The molecule has 22 heavy (non-hydrogen) atoms. The molecule has 2 aromatic carbocycles. The number of halogens is 1. The summed E-state index contributed by atoms with van der Waals surface area (Å²) in [4.78, 5) is 11.9. The van der Waals surface area contributed by atoms with Gasteiger partial charge in [0.05, 0.1) is 14.2 Å². The fourth-order valence-electron chi connectivity index (χ4n) is 1.88. The van der Waals surface area contributed by atoms with Crippen molar-refractivity contribution in [2.45, 2.75) is 6.54 Å². The third kappa shape index (κ3) is 4.30. The van der Waals surface area contributed by atoms with Crippen LogP contribution in [0.25, 0.3) is 0 Å². The average Bonchev–Trinajstić information content (AvgIpc) is 2.55. The summed E-state index contributed by atoms with van der Waals surface area (Å²) < 4.78 is 10.4. The SMILES string of the molecule is COc1ccc(CNC(=O)Nc2ccc(Cl)cc2)c(OC)c1. The largest absolute Gasteiger partial charge is 0.497 e. The number of nitrogens with one attached hydrogen (secondary N) is 2. The predicted octanol–water partition coefficient (Wildman–Crippen LogP) is 3.68. The van der Waals surface area contributed by atoms with Gasteiger partial charge in [-0.3, -0.25) is 0 Å². The Kier molecular flexibility index (Phi) is 5.49. The zero-order valence-corrected chi connectivity index (χ0v) is 13.1. The smallest absolute Gasteiger partial charge is 0.319 e. The van der Waals surface area contributed by atoms with Crippen LogP contribution in [0.3, 0.4) is 0 Å². The van der Waals surface area contributed by atoms with E-state index in [1.165, 1.54) is 0 Å². The first-order valence-electron chi connectivity index (χ1n) is 6.63. The highest BCUT2D eigenvalue weighted by Crippen LogP contribution is 2.24. The molecule has 0 atom stereocenters. The average molecular weight is 321 g/mol. The Morgan fingerprint density at radius 2 is 1.82 bits per heavy atom. The lowest BCUT2D eigenvalue weighted by atomic mass is 10.2. The highest BCUT2D eigenvalue weighted by molar-refractivity contribution is 6.30. The molecule has 0 fully saturated rings. The van der Waals surface area contributed by atoms with E-state index in [0.29, 0.717) is 28.8 Å². The summed E-state index contributed by atoms with van der Waals surface area (Å²) in [5.74, 6) is 1.36. The van der Waals surface area contributed by atoms with Crippen molar-refractivity contribution in [3.05, 3.63) is 53.1 Å². The van der Waals surface area contributed by atoms with Gasteiger partial charge >= 0.3 is 6.03 Å². The van der Waals surface area contributed by atoms with Crippen LogP contribution in [0, 0.1) is 0 Å². The number of urea groups is 1. The van der Waals surface area contributed by atoms with Crippen molar-refractivity contribution >= 4 is 23.3 Å². The molecule has 0 heterocycles. The normalized spacial score (nSPS) is 9.95. The summed E-state index contributed by atoms with van der Waals surface area (Å²) in [6.07, 6.45) is 0. The molecule has 0 saturated carbocycles. The quantitative estimate of drug-likeness (QED) is 0.883. The van der Waals surface area contributed by atoms with E-state index in [0.717, 1.165) is 5.56 Å². The molecular formula is C16H17ClN2O3. The molecule has 6 heteroatoms. The minimum atomic E-state index is -0.305. The first kappa shape index (κ1) is 16.0. The number of amides is 2. The van der Waals surface area contributed by atoms with Gasteiger partial charge in [-0.15, -0.1) is 0 Å². The van der Waals surface area contributed by atoms with Crippen LogP contribution in [0.4, 0.5) is 10.5 Å². The molecule has 2 aromatic rings. The molecule has 0 aliphatic rings. The van der Waals surface area contributed by atoms with Gasteiger partial charge in [0.2, 0.25) is 0 Å². The maximum Gasteiger partial charge on any atom is 0.319 e. The standard InChI is InChI=1S/C16H17ClN2O3/c1-21-14-8-3-11(15(9-14)22-2)10-18-16(20)19-13-6-4-12(17)5-7-13/h3-9H,10H2,1-2H3,(H2,18,19,20). The van der Waals surface area contributed by atoms with Gasteiger partial charge in [0.15, 0.2) is 0 Å². The lowest BCUT2D eigenvalue weighted by Gasteiger charge is -2.12. The Balaban J connectivity index is 1.94. The van der Waals surface area contributed by atoms with E-state index in [1.54, 1.807) is 44.6 Å². The summed E-state index contributed by atoms with van der Waals surface area (Å²) in [6, 6.07) is 12.0. The Labute approximate surface area is 134 Å². The molecule has 0 aliphatic heterocycles. The number of benzene rings is 2. The first-order valence-corrected chi connectivity index (χ1v) is 7.01. The summed E-state index contributed by atoms with van der Waals surface area (Å²) >= 11 is 5.80. The Bertz CT molecular complexity index is 644. The second-order valence-electron chi connectivity index (χ2n) is 4.49. The highest BCUT2D eigenvalue weighted by Gasteiger charge is 2.07. The molecule has 0 bridgehead atoms. The van der Waals surface area contributed by atoms with Crippen molar-refractivity contribution < 1.29 is 14.3 Å². The van der Waals surface area contributed by atoms with Crippen molar-refractivity contribution in [2.75, 3.05) is 19.5 Å². The van der Waals surface area contributed by atoms with Gasteiger partial charge < -0.3 is 20.1 Å². The Hall–Kier alpha value is -2.40. The van der Waals surface area contributed by atoms with Crippen LogP contribution in [0.1, 0.15) is 5.56 Å². The number of hydrogen-bond acceptors (Lipinski definition) is 3. The molecule has 0 radical (unpaired) electrons. The zero-order chi connectivity index (χ0) is 15.9. The van der Waals surface area contributed by atoms with Gasteiger partial charge in [0, 0.05) is 28.9 Å². The maximum absolute atomic E-state index is 11.9. The lowest BCUT2D eigenvalue weighted by molar-refractivity contribution is 0.251. The van der Waals surface area contributed by atoms with Crippen LogP contribution in [0.2, 0.25) is 5.02 Å². The molecule has 2 amide bonds. The minimum absolute atomic E-state index is 0.305. The molecule has 2 rings (SSSR count). The fraction of sp³-hybridized carbons (Fsp3) is 0.188. The summed E-state index contributed by atoms with van der Waals surface area (Å²) in [5.41, 5.74) is 1.53. The summed E-state index contributed by atoms with van der Waals surface area (Å²) in [5, 5.41) is 6.11. The van der Waals surface area contributed by atoms with Gasteiger partial charge in [0.25, 0.3) is 0 Å². The Morgan fingerprint density at radius 1 is 1.09 bits per heavy atom. The van der Waals surface area contributed by atoms with E-state index in [-0.39, 0.29) is 6.03 Å². The number of ether oxygens (including phenoxy) is 2. The van der Waals surface area contributed by atoms with Crippen LogP contribution in [0.15, 0.2) is 42.5 Å². The second-order valence-corrected chi connectivity index (χ2v) is 4.93. The highest BCUT2D eigenvalue weighted by atomic mass is 35.5. The van der Waals surface area contributed by atoms with Crippen LogP contribution >= 0.6 is 11.6 Å². The molecule has 2 N–H and O–H groups in total. The number of carbonyl (C=O) groups excluding carboxylic acids is 1. The maximum atomic E-state index is 11.9. The topological polar surface area (TPSA) is 59.6 Å². The van der Waals surface area contributed by atoms with E-state index >= 15 is 0 Å². The molecule has 0 aliphatic carbocycles. The number of methoxy groups -OCH3 is 2. The molecular weight excluding hydrogens is 304 g/mol. The van der Waals surface area contributed by atoms with E-state index in [2.05, 4.69) is 10.6 Å². The number of rotatable bonds is 5. The molecule has 0 unspecified atom stereocenters. The van der Waals surface area contributed by atoms with Gasteiger partial charge in [0.1, 0.15) is 11.5 Å². The summed E-state index contributed by atoms with van der Waals surface area (Å²) in [7, 11) is 3.16. The summed E-state index contributed by atoms with van der Waals surface area (Å²) in [6.45, 7) is 0.340. The Morgan fingerprint density at radius 3 is 2.45 bits per heavy atom. The van der Waals surface area contributed by atoms with Crippen LogP contribution in [-0.2, 0) is 6.54 Å². The number of hydrogen-bond donors (Lipinski definition) is 2. The lowest BCUT2D eigenvalue weighted by Crippen LogP contribution is -2.28. The molecule has 0 saturated heterocycles. The van der Waals surface area contributed by atoms with Crippen molar-refractivity contribution in [3.8, 4) is 11.5 Å². The predicted molar refractivity (Wildman–Crippen MR) is 86.9 cm³/mol. The van der Waals surface area contributed by atoms with Crippen molar-refractivity contribution in [1.29, 1.82) is 0 Å². The van der Waals surface area contributed by atoms with Crippen LogP contribution in [-0.4, -0.2) is 20.3 Å². The van der Waals surface area contributed by atoms with Gasteiger partial charge in [-0.2, -0.15) is 0 Å². The first-order chi connectivity index (χ1) is 10.6.